The number of hydrogen-bond donors (Lipinski definition) is 1. The number of nitrogens with zero attached hydrogens (tertiary/aromatic N) is 1. The molecule has 110 valence electrons. The zero-order chi connectivity index (χ0) is 14.5. The van der Waals surface area contributed by atoms with Gasteiger partial charge in [-0.1, -0.05) is 0 Å². The Bertz CT molecular complexity index is 899. The largest absolute Gasteiger partial charge is 0.456 e. The molecule has 0 radical (unpaired) electrons. The SMILES string of the molecule is C1=c2cc3c(cc2Oc2cc4c(cc21)CCCN4)=NCCC3. The number of ether oxygens (including phenoxy) is 1. The molecule has 0 fully saturated rings. The van der Waals surface area contributed by atoms with Gasteiger partial charge < -0.3 is 10.1 Å². The molecule has 0 spiro atoms. The van der Waals surface area contributed by atoms with Crippen molar-refractivity contribution in [3.63, 3.8) is 0 Å². The molecule has 1 N–H and O–H groups in total. The molecule has 0 bridgehead atoms. The summed E-state index contributed by atoms with van der Waals surface area (Å²) in [5.74, 6) is 1.89. The predicted octanol–water partition coefficient (Wildman–Crippen LogP) is 2.55. The van der Waals surface area contributed by atoms with Crippen molar-refractivity contribution in [1.29, 1.82) is 0 Å². The van der Waals surface area contributed by atoms with Crippen LogP contribution in [-0.2, 0) is 12.8 Å². The second-order valence-electron chi connectivity index (χ2n) is 6.33. The maximum Gasteiger partial charge on any atom is 0.136 e. The summed E-state index contributed by atoms with van der Waals surface area (Å²) in [6.07, 6.45) is 6.90. The fraction of sp³-hybridized carbons (Fsp3) is 0.316. The lowest BCUT2D eigenvalue weighted by Gasteiger charge is -2.23. The van der Waals surface area contributed by atoms with Crippen LogP contribution in [0.15, 0.2) is 29.3 Å². The van der Waals surface area contributed by atoms with E-state index in [1.54, 1.807) is 0 Å². The molecule has 0 aliphatic carbocycles. The molecule has 3 aliphatic heterocycles. The summed E-state index contributed by atoms with van der Waals surface area (Å²) in [5.41, 5.74) is 5.18. The first-order chi connectivity index (χ1) is 10.9. The highest BCUT2D eigenvalue weighted by atomic mass is 16.5. The van der Waals surface area contributed by atoms with Crippen molar-refractivity contribution in [2.45, 2.75) is 25.7 Å². The van der Waals surface area contributed by atoms with Gasteiger partial charge in [0.1, 0.15) is 11.5 Å². The molecule has 3 nitrogen and oxygen atoms in total. The van der Waals surface area contributed by atoms with Crippen LogP contribution < -0.4 is 20.6 Å². The number of hydrogen-bond acceptors (Lipinski definition) is 3. The number of nitrogens with one attached hydrogen (secondary N) is 1. The lowest BCUT2D eigenvalue weighted by atomic mass is 9.97. The third kappa shape index (κ3) is 1.85. The van der Waals surface area contributed by atoms with Crippen molar-refractivity contribution in [1.82, 2.24) is 0 Å². The fourth-order valence-electron chi connectivity index (χ4n) is 3.65. The molecule has 2 aromatic rings. The average Bonchev–Trinajstić information content (AvgIpc) is 2.56. The predicted molar refractivity (Wildman–Crippen MR) is 87.3 cm³/mol. The van der Waals surface area contributed by atoms with E-state index in [1.807, 2.05) is 0 Å². The molecule has 0 amide bonds. The number of aryl methyl sites for hydroxylation is 2. The maximum absolute atomic E-state index is 6.18. The van der Waals surface area contributed by atoms with Crippen LogP contribution in [-0.4, -0.2) is 13.1 Å². The molecule has 3 aliphatic rings. The van der Waals surface area contributed by atoms with E-state index in [1.165, 1.54) is 34.0 Å². The Kier molecular flexibility index (Phi) is 2.57. The Morgan fingerprint density at radius 3 is 2.91 bits per heavy atom. The van der Waals surface area contributed by atoms with Crippen LogP contribution in [0.5, 0.6) is 11.5 Å². The first kappa shape index (κ1) is 12.3. The molecule has 0 saturated carbocycles. The zero-order valence-electron chi connectivity index (χ0n) is 12.5. The van der Waals surface area contributed by atoms with E-state index in [-0.39, 0.29) is 0 Å². The van der Waals surface area contributed by atoms with Crippen molar-refractivity contribution in [2.75, 3.05) is 18.4 Å². The second kappa shape index (κ2) is 4.60. The molecule has 5 rings (SSSR count). The van der Waals surface area contributed by atoms with Crippen molar-refractivity contribution < 1.29 is 4.74 Å². The van der Waals surface area contributed by atoms with Gasteiger partial charge in [0.15, 0.2) is 0 Å². The Morgan fingerprint density at radius 2 is 1.91 bits per heavy atom. The molecule has 3 heteroatoms. The average molecular weight is 290 g/mol. The Morgan fingerprint density at radius 1 is 0.955 bits per heavy atom. The van der Waals surface area contributed by atoms with Crippen LogP contribution in [0.1, 0.15) is 29.5 Å². The molecule has 0 aromatic heterocycles. The molecule has 22 heavy (non-hydrogen) atoms. The number of anilines is 1. The Hall–Kier alpha value is -2.29. The van der Waals surface area contributed by atoms with Crippen molar-refractivity contribution in [2.24, 2.45) is 4.99 Å². The molecule has 0 saturated heterocycles. The van der Waals surface area contributed by atoms with Crippen molar-refractivity contribution in [3.05, 3.63) is 51.5 Å². The van der Waals surface area contributed by atoms with Crippen molar-refractivity contribution >= 4 is 11.8 Å². The van der Waals surface area contributed by atoms with E-state index in [2.05, 4.69) is 40.7 Å². The van der Waals surface area contributed by atoms with Gasteiger partial charge in [0, 0.05) is 41.7 Å². The zero-order valence-corrected chi connectivity index (χ0v) is 12.5. The van der Waals surface area contributed by atoms with E-state index in [4.69, 9.17) is 4.74 Å². The first-order valence-corrected chi connectivity index (χ1v) is 8.15. The first-order valence-electron chi connectivity index (χ1n) is 8.15. The topological polar surface area (TPSA) is 33.6 Å². The van der Waals surface area contributed by atoms with Gasteiger partial charge >= 0.3 is 0 Å². The molecule has 0 atom stereocenters. The molecule has 0 unspecified atom stereocenters. The smallest absolute Gasteiger partial charge is 0.136 e. The van der Waals surface area contributed by atoms with E-state index >= 15 is 0 Å². The normalized spacial score (nSPS) is 17.5. The van der Waals surface area contributed by atoms with E-state index in [0.29, 0.717) is 0 Å². The van der Waals surface area contributed by atoms with Gasteiger partial charge in [-0.05, 0) is 55.0 Å². The van der Waals surface area contributed by atoms with Gasteiger partial charge in [-0.2, -0.15) is 0 Å². The van der Waals surface area contributed by atoms with Gasteiger partial charge in [-0.3, -0.25) is 4.99 Å². The highest BCUT2D eigenvalue weighted by Gasteiger charge is 2.18. The van der Waals surface area contributed by atoms with Gasteiger partial charge in [0.2, 0.25) is 0 Å². The van der Waals surface area contributed by atoms with Crippen LogP contribution in [0, 0.1) is 0 Å². The van der Waals surface area contributed by atoms with Crippen LogP contribution in [0.3, 0.4) is 0 Å². The summed E-state index contributed by atoms with van der Waals surface area (Å²) < 4.78 is 6.18. The number of rotatable bonds is 0. The van der Waals surface area contributed by atoms with Gasteiger partial charge in [0.05, 0.1) is 5.36 Å². The molecule has 3 heterocycles. The molecular weight excluding hydrogens is 272 g/mol. The van der Waals surface area contributed by atoms with E-state index < -0.39 is 0 Å². The summed E-state index contributed by atoms with van der Waals surface area (Å²) in [6, 6.07) is 8.80. The molecule has 2 aromatic carbocycles. The van der Waals surface area contributed by atoms with Gasteiger partial charge in [-0.15, -0.1) is 0 Å². The van der Waals surface area contributed by atoms with Gasteiger partial charge in [-0.25, -0.2) is 0 Å². The monoisotopic (exact) mass is 290 g/mol. The molecular formula is C19H18N2O. The minimum Gasteiger partial charge on any atom is -0.456 e. The summed E-state index contributed by atoms with van der Waals surface area (Å²) in [6.45, 7) is 1.99. The standard InChI is InChI=1S/C19H18N2O/c1-3-12-7-14-9-15-8-13-4-2-6-21-17(13)11-19(15)22-18(14)10-16(12)20-5-1/h7-11,20H,1-6H2. The maximum atomic E-state index is 6.18. The van der Waals surface area contributed by atoms with E-state index in [0.717, 1.165) is 49.2 Å². The minimum absolute atomic E-state index is 0.934. The lowest BCUT2D eigenvalue weighted by Crippen LogP contribution is -2.23. The summed E-state index contributed by atoms with van der Waals surface area (Å²) in [7, 11) is 0. The minimum atomic E-state index is 0.934. The Labute approximate surface area is 129 Å². The Balaban J connectivity index is 1.71. The van der Waals surface area contributed by atoms with Crippen LogP contribution in [0.25, 0.3) is 6.08 Å². The van der Waals surface area contributed by atoms with E-state index in [9.17, 15) is 0 Å². The highest BCUT2D eigenvalue weighted by Crippen LogP contribution is 2.35. The van der Waals surface area contributed by atoms with Crippen LogP contribution in [0.4, 0.5) is 5.69 Å². The number of benzene rings is 2. The van der Waals surface area contributed by atoms with Crippen LogP contribution in [0.2, 0.25) is 0 Å². The quantitative estimate of drug-likeness (QED) is 0.690. The summed E-state index contributed by atoms with van der Waals surface area (Å²) in [5, 5.41) is 5.77. The highest BCUT2D eigenvalue weighted by molar-refractivity contribution is 5.70. The third-order valence-corrected chi connectivity index (χ3v) is 4.80. The van der Waals surface area contributed by atoms with Crippen molar-refractivity contribution in [3.8, 4) is 11.5 Å². The number of fused-ring (bicyclic) bond motifs is 4. The lowest BCUT2D eigenvalue weighted by molar-refractivity contribution is 0.471. The second-order valence-corrected chi connectivity index (χ2v) is 6.33. The third-order valence-electron chi connectivity index (χ3n) is 4.80. The fourth-order valence-corrected chi connectivity index (χ4v) is 3.65. The van der Waals surface area contributed by atoms with Gasteiger partial charge in [0.25, 0.3) is 0 Å². The summed E-state index contributed by atoms with van der Waals surface area (Å²) in [4.78, 5) is 4.62. The summed E-state index contributed by atoms with van der Waals surface area (Å²) >= 11 is 0. The van der Waals surface area contributed by atoms with Crippen LogP contribution >= 0.6 is 0 Å².